The fourth-order valence-electron chi connectivity index (χ4n) is 1.95. The normalized spacial score (nSPS) is 10.3. The lowest BCUT2D eigenvalue weighted by atomic mass is 10.0. The molecule has 0 bridgehead atoms. The number of amides is 1. The molecule has 5 nitrogen and oxygen atoms in total. The molecule has 0 radical (unpaired) electrons. The Bertz CT molecular complexity index is 459. The van der Waals surface area contributed by atoms with Gasteiger partial charge in [0.25, 0.3) is 0 Å². The molecule has 0 fully saturated rings. The molecule has 0 unspecified atom stereocenters. The third-order valence-corrected chi connectivity index (χ3v) is 3.12. The average molecular weight is 279 g/mol. The van der Waals surface area contributed by atoms with Crippen molar-refractivity contribution >= 4 is 11.9 Å². The first-order valence-corrected chi connectivity index (χ1v) is 6.60. The van der Waals surface area contributed by atoms with Gasteiger partial charge in [-0.2, -0.15) is 0 Å². The zero-order valence-electron chi connectivity index (χ0n) is 12.0. The fourth-order valence-corrected chi connectivity index (χ4v) is 1.95. The topological polar surface area (TPSA) is 66.8 Å². The zero-order valence-corrected chi connectivity index (χ0v) is 12.0. The molecule has 110 valence electrons. The van der Waals surface area contributed by atoms with Crippen molar-refractivity contribution in [1.82, 2.24) is 4.90 Å². The van der Waals surface area contributed by atoms with Gasteiger partial charge in [0.1, 0.15) is 0 Å². The van der Waals surface area contributed by atoms with Crippen molar-refractivity contribution in [2.45, 2.75) is 19.3 Å². The Morgan fingerprint density at radius 2 is 2.00 bits per heavy atom. The minimum atomic E-state index is -0.957. The number of hydrogen-bond donors (Lipinski definition) is 1. The van der Waals surface area contributed by atoms with Gasteiger partial charge in [-0.25, -0.2) is 4.79 Å². The number of carboxylic acid groups (broad SMARTS) is 1. The molecule has 1 aromatic carbocycles. The number of methoxy groups -OCH3 is 1. The molecule has 1 N–H and O–H groups in total. The monoisotopic (exact) mass is 279 g/mol. The molecule has 1 amide bonds. The van der Waals surface area contributed by atoms with E-state index < -0.39 is 5.97 Å². The number of benzene rings is 1. The number of carbonyl (C=O) groups is 2. The molecule has 0 aromatic heterocycles. The molecule has 0 aliphatic heterocycles. The Kier molecular flexibility index (Phi) is 6.73. The summed E-state index contributed by atoms with van der Waals surface area (Å²) in [6.45, 7) is 1.27. The smallest absolute Gasteiger partial charge is 0.335 e. The van der Waals surface area contributed by atoms with E-state index >= 15 is 0 Å². The summed E-state index contributed by atoms with van der Waals surface area (Å²) >= 11 is 0. The van der Waals surface area contributed by atoms with E-state index in [-0.39, 0.29) is 11.5 Å². The molecule has 0 atom stereocenters. The second kappa shape index (κ2) is 8.32. The number of rotatable bonds is 8. The van der Waals surface area contributed by atoms with E-state index in [4.69, 9.17) is 9.84 Å². The van der Waals surface area contributed by atoms with Crippen LogP contribution in [-0.2, 0) is 16.0 Å². The van der Waals surface area contributed by atoms with E-state index in [1.54, 1.807) is 43.3 Å². The van der Waals surface area contributed by atoms with Gasteiger partial charge in [0.2, 0.25) is 5.91 Å². The molecule has 0 saturated heterocycles. The quantitative estimate of drug-likeness (QED) is 0.737. The van der Waals surface area contributed by atoms with Crippen LogP contribution in [0.4, 0.5) is 0 Å². The Morgan fingerprint density at radius 1 is 1.30 bits per heavy atom. The van der Waals surface area contributed by atoms with Gasteiger partial charge in [-0.15, -0.1) is 0 Å². The fraction of sp³-hybridized carbons (Fsp3) is 0.467. The Morgan fingerprint density at radius 3 is 2.65 bits per heavy atom. The van der Waals surface area contributed by atoms with E-state index in [0.717, 1.165) is 6.42 Å². The number of ether oxygens (including phenoxy) is 1. The van der Waals surface area contributed by atoms with E-state index in [0.29, 0.717) is 31.6 Å². The predicted molar refractivity (Wildman–Crippen MR) is 75.9 cm³/mol. The Labute approximate surface area is 119 Å². The van der Waals surface area contributed by atoms with Gasteiger partial charge in [0.05, 0.1) is 5.56 Å². The van der Waals surface area contributed by atoms with Gasteiger partial charge in [-0.3, -0.25) is 4.79 Å². The van der Waals surface area contributed by atoms with Crippen LogP contribution in [0.1, 0.15) is 28.8 Å². The number of aryl methyl sites for hydroxylation is 1. The summed E-state index contributed by atoms with van der Waals surface area (Å²) in [6, 6.07) is 6.78. The molecule has 0 aliphatic carbocycles. The maximum Gasteiger partial charge on any atom is 0.335 e. The van der Waals surface area contributed by atoms with Gasteiger partial charge in [0, 0.05) is 33.7 Å². The van der Waals surface area contributed by atoms with Crippen molar-refractivity contribution in [2.24, 2.45) is 0 Å². The average Bonchev–Trinajstić information content (AvgIpc) is 2.45. The van der Waals surface area contributed by atoms with Crippen LogP contribution in [0.2, 0.25) is 0 Å². The minimum absolute atomic E-state index is 0.0151. The summed E-state index contributed by atoms with van der Waals surface area (Å²) < 4.78 is 4.94. The number of carboxylic acids is 1. The molecule has 0 aliphatic rings. The van der Waals surface area contributed by atoms with Gasteiger partial charge in [0.15, 0.2) is 0 Å². The van der Waals surface area contributed by atoms with E-state index in [1.807, 2.05) is 0 Å². The summed E-state index contributed by atoms with van der Waals surface area (Å²) in [5.41, 5.74) is 0.959. The summed E-state index contributed by atoms with van der Waals surface area (Å²) in [5, 5.41) is 9.07. The van der Waals surface area contributed by atoms with Crippen LogP contribution in [0.25, 0.3) is 0 Å². The van der Waals surface area contributed by atoms with Crippen molar-refractivity contribution in [3.63, 3.8) is 0 Å². The lowest BCUT2D eigenvalue weighted by Crippen LogP contribution is -2.28. The molecule has 0 heterocycles. The van der Waals surface area contributed by atoms with Crippen LogP contribution in [0.15, 0.2) is 24.3 Å². The first-order chi connectivity index (χ1) is 9.56. The van der Waals surface area contributed by atoms with E-state index in [2.05, 4.69) is 0 Å². The highest BCUT2D eigenvalue weighted by Gasteiger charge is 2.12. The third-order valence-electron chi connectivity index (χ3n) is 3.12. The molecule has 0 saturated carbocycles. The molecular formula is C15H21NO4. The lowest BCUT2D eigenvalue weighted by molar-refractivity contribution is -0.130. The number of carbonyl (C=O) groups excluding carboxylic acids is 1. The lowest BCUT2D eigenvalue weighted by Gasteiger charge is -2.17. The van der Waals surface area contributed by atoms with Gasteiger partial charge >= 0.3 is 5.97 Å². The molecule has 1 rings (SSSR count). The summed E-state index contributed by atoms with van der Waals surface area (Å²) in [5.74, 6) is -0.942. The highest BCUT2D eigenvalue weighted by Crippen LogP contribution is 2.12. The van der Waals surface area contributed by atoms with Gasteiger partial charge in [-0.05, 0) is 24.5 Å². The Balaban J connectivity index is 2.50. The van der Waals surface area contributed by atoms with Crippen LogP contribution in [0.5, 0.6) is 0 Å². The first-order valence-electron chi connectivity index (χ1n) is 6.60. The van der Waals surface area contributed by atoms with Gasteiger partial charge < -0.3 is 14.7 Å². The Hall–Kier alpha value is -1.88. The molecule has 1 aromatic rings. The second-order valence-corrected chi connectivity index (χ2v) is 4.62. The zero-order chi connectivity index (χ0) is 15.0. The van der Waals surface area contributed by atoms with Crippen molar-refractivity contribution in [1.29, 1.82) is 0 Å². The summed E-state index contributed by atoms with van der Waals surface area (Å²) in [4.78, 5) is 24.7. The van der Waals surface area contributed by atoms with Gasteiger partial charge in [-0.1, -0.05) is 18.2 Å². The third kappa shape index (κ3) is 5.01. The molecule has 0 spiro atoms. The molecule has 20 heavy (non-hydrogen) atoms. The second-order valence-electron chi connectivity index (χ2n) is 4.62. The highest BCUT2D eigenvalue weighted by molar-refractivity contribution is 5.89. The van der Waals surface area contributed by atoms with Crippen molar-refractivity contribution in [2.75, 3.05) is 27.3 Å². The molecular weight excluding hydrogens is 258 g/mol. The predicted octanol–water partition coefficient (Wildman–Crippen LogP) is 1.81. The number of aromatic carboxylic acids is 1. The standard InChI is InChI=1S/C15H21NO4/c1-16(10-5-11-20-2)14(17)9-8-12-6-3-4-7-13(12)15(18)19/h3-4,6-7H,5,8-11H2,1-2H3,(H,18,19). The number of nitrogens with zero attached hydrogens (tertiary/aromatic N) is 1. The van der Waals surface area contributed by atoms with Crippen molar-refractivity contribution in [3.8, 4) is 0 Å². The van der Waals surface area contributed by atoms with Crippen molar-refractivity contribution < 1.29 is 19.4 Å². The van der Waals surface area contributed by atoms with Crippen LogP contribution in [-0.4, -0.2) is 49.2 Å². The van der Waals surface area contributed by atoms with E-state index in [1.165, 1.54) is 0 Å². The van der Waals surface area contributed by atoms with Crippen LogP contribution in [0.3, 0.4) is 0 Å². The SMILES string of the molecule is COCCCN(C)C(=O)CCc1ccccc1C(=O)O. The first kappa shape index (κ1) is 16.2. The van der Waals surface area contributed by atoms with E-state index in [9.17, 15) is 9.59 Å². The largest absolute Gasteiger partial charge is 0.478 e. The molecule has 5 heteroatoms. The highest BCUT2D eigenvalue weighted by atomic mass is 16.5. The maximum absolute atomic E-state index is 11.9. The van der Waals surface area contributed by atoms with Crippen LogP contribution >= 0.6 is 0 Å². The summed E-state index contributed by atoms with van der Waals surface area (Å²) in [7, 11) is 3.38. The number of hydrogen-bond acceptors (Lipinski definition) is 3. The summed E-state index contributed by atoms with van der Waals surface area (Å²) in [6.07, 6.45) is 1.55. The van der Waals surface area contributed by atoms with Crippen LogP contribution < -0.4 is 0 Å². The van der Waals surface area contributed by atoms with Crippen LogP contribution in [0, 0.1) is 0 Å². The maximum atomic E-state index is 11.9. The minimum Gasteiger partial charge on any atom is -0.478 e. The van der Waals surface area contributed by atoms with Crippen molar-refractivity contribution in [3.05, 3.63) is 35.4 Å².